The van der Waals surface area contributed by atoms with Gasteiger partial charge >= 0.3 is 0 Å². The molecule has 3 N–H and O–H groups in total. The van der Waals surface area contributed by atoms with Crippen LogP contribution in [0.1, 0.15) is 47.5 Å². The molecule has 0 spiro atoms. The molecule has 1 aliphatic carbocycles. The van der Waals surface area contributed by atoms with E-state index in [0.29, 0.717) is 22.9 Å². The highest BCUT2D eigenvalue weighted by atomic mass is 32.1. The lowest BCUT2D eigenvalue weighted by Gasteiger charge is -2.18. The molecule has 0 fully saturated rings. The van der Waals surface area contributed by atoms with Gasteiger partial charge in [-0.3, -0.25) is 9.59 Å². The van der Waals surface area contributed by atoms with Crippen LogP contribution in [-0.4, -0.2) is 11.8 Å². The molecule has 5 heteroatoms. The standard InChI is InChI=1S/C13H18N2O2S/c1-3-10(16)15-13-11(12(14)17)8-6-7(2)4-5-9(8)18-13/h7H,3-6H2,1-2H3,(H2,14,17)(H,15,16). The Morgan fingerprint density at radius 2 is 2.22 bits per heavy atom. The summed E-state index contributed by atoms with van der Waals surface area (Å²) in [4.78, 5) is 24.3. The van der Waals surface area contributed by atoms with Gasteiger partial charge in [-0.15, -0.1) is 11.3 Å². The van der Waals surface area contributed by atoms with Crippen molar-refractivity contribution in [1.29, 1.82) is 0 Å². The first-order chi connectivity index (χ1) is 8.52. The largest absolute Gasteiger partial charge is 0.365 e. The van der Waals surface area contributed by atoms with E-state index in [4.69, 9.17) is 5.73 Å². The summed E-state index contributed by atoms with van der Waals surface area (Å²) in [5, 5.41) is 3.43. The predicted molar refractivity (Wildman–Crippen MR) is 72.9 cm³/mol. The van der Waals surface area contributed by atoms with E-state index in [1.807, 2.05) is 0 Å². The summed E-state index contributed by atoms with van der Waals surface area (Å²) < 4.78 is 0. The molecule has 0 bridgehead atoms. The molecule has 0 radical (unpaired) electrons. The zero-order valence-corrected chi connectivity index (χ0v) is 11.5. The summed E-state index contributed by atoms with van der Waals surface area (Å²) in [6, 6.07) is 0. The van der Waals surface area contributed by atoms with E-state index in [1.165, 1.54) is 16.2 Å². The first kappa shape index (κ1) is 13.1. The smallest absolute Gasteiger partial charge is 0.251 e. The molecule has 1 atom stereocenters. The molecule has 2 rings (SSSR count). The Labute approximate surface area is 111 Å². The minimum absolute atomic E-state index is 0.0795. The lowest BCUT2D eigenvalue weighted by Crippen LogP contribution is -2.19. The van der Waals surface area contributed by atoms with Crippen molar-refractivity contribution in [1.82, 2.24) is 0 Å². The highest BCUT2D eigenvalue weighted by molar-refractivity contribution is 7.17. The van der Waals surface area contributed by atoms with Gasteiger partial charge in [0.05, 0.1) is 5.56 Å². The molecule has 1 aliphatic rings. The number of hydrogen-bond acceptors (Lipinski definition) is 3. The van der Waals surface area contributed by atoms with Crippen LogP contribution < -0.4 is 11.1 Å². The Hall–Kier alpha value is -1.36. The lowest BCUT2D eigenvalue weighted by molar-refractivity contribution is -0.115. The summed E-state index contributed by atoms with van der Waals surface area (Å²) in [6.07, 6.45) is 3.39. The highest BCUT2D eigenvalue weighted by Gasteiger charge is 2.27. The molecule has 2 amide bonds. The van der Waals surface area contributed by atoms with Crippen LogP contribution in [0.2, 0.25) is 0 Å². The van der Waals surface area contributed by atoms with Crippen molar-refractivity contribution in [3.63, 3.8) is 0 Å². The first-order valence-electron chi connectivity index (χ1n) is 6.27. The molecule has 0 saturated carbocycles. The Balaban J connectivity index is 2.41. The molecule has 0 aromatic carbocycles. The summed E-state index contributed by atoms with van der Waals surface area (Å²) in [6.45, 7) is 3.96. The summed E-state index contributed by atoms with van der Waals surface area (Å²) in [7, 11) is 0. The number of anilines is 1. The Kier molecular flexibility index (Phi) is 3.71. The lowest BCUT2D eigenvalue weighted by atomic mass is 9.87. The van der Waals surface area contributed by atoms with E-state index in [9.17, 15) is 9.59 Å². The zero-order chi connectivity index (χ0) is 13.3. The van der Waals surface area contributed by atoms with Gasteiger partial charge in [0.1, 0.15) is 5.00 Å². The Bertz CT molecular complexity index is 493. The second kappa shape index (κ2) is 5.10. The van der Waals surface area contributed by atoms with Crippen molar-refractivity contribution in [3.05, 3.63) is 16.0 Å². The number of thiophene rings is 1. The van der Waals surface area contributed by atoms with E-state index in [2.05, 4.69) is 12.2 Å². The predicted octanol–water partition coefficient (Wildman–Crippen LogP) is 2.32. The number of fused-ring (bicyclic) bond motifs is 1. The third kappa shape index (κ3) is 2.41. The van der Waals surface area contributed by atoms with Gasteiger partial charge in [-0.05, 0) is 30.7 Å². The van der Waals surface area contributed by atoms with Crippen molar-refractivity contribution in [2.24, 2.45) is 11.7 Å². The van der Waals surface area contributed by atoms with Crippen LogP contribution >= 0.6 is 11.3 Å². The molecular weight excluding hydrogens is 248 g/mol. The average molecular weight is 266 g/mol. The van der Waals surface area contributed by atoms with Gasteiger partial charge in [-0.1, -0.05) is 13.8 Å². The van der Waals surface area contributed by atoms with Crippen molar-refractivity contribution in [2.45, 2.75) is 39.5 Å². The van der Waals surface area contributed by atoms with Gasteiger partial charge in [-0.2, -0.15) is 0 Å². The van der Waals surface area contributed by atoms with Gasteiger partial charge in [0.25, 0.3) is 5.91 Å². The van der Waals surface area contributed by atoms with Crippen LogP contribution in [0.5, 0.6) is 0 Å². The zero-order valence-electron chi connectivity index (χ0n) is 10.7. The maximum atomic E-state index is 11.6. The first-order valence-corrected chi connectivity index (χ1v) is 7.08. The Morgan fingerprint density at radius 1 is 1.50 bits per heavy atom. The number of amides is 2. The van der Waals surface area contributed by atoms with Crippen LogP contribution in [0.25, 0.3) is 0 Å². The van der Waals surface area contributed by atoms with E-state index in [-0.39, 0.29) is 5.91 Å². The molecular formula is C13H18N2O2S. The normalized spacial score (nSPS) is 18.2. The highest BCUT2D eigenvalue weighted by Crippen LogP contribution is 2.39. The third-order valence-corrected chi connectivity index (χ3v) is 4.54. The van der Waals surface area contributed by atoms with Gasteiger partial charge in [0.2, 0.25) is 5.91 Å². The molecule has 1 unspecified atom stereocenters. The summed E-state index contributed by atoms with van der Waals surface area (Å²) in [5.74, 6) is 0.0528. The van der Waals surface area contributed by atoms with Gasteiger partial charge in [-0.25, -0.2) is 0 Å². The number of nitrogens with one attached hydrogen (secondary N) is 1. The fourth-order valence-corrected chi connectivity index (χ4v) is 3.59. The second-order valence-corrected chi connectivity index (χ2v) is 5.93. The van der Waals surface area contributed by atoms with Gasteiger partial charge in [0, 0.05) is 11.3 Å². The molecule has 1 heterocycles. The quantitative estimate of drug-likeness (QED) is 0.881. The van der Waals surface area contributed by atoms with Crippen LogP contribution in [0.3, 0.4) is 0 Å². The number of aryl methyl sites for hydroxylation is 1. The van der Waals surface area contributed by atoms with Crippen LogP contribution in [0, 0.1) is 5.92 Å². The molecule has 18 heavy (non-hydrogen) atoms. The molecule has 0 aliphatic heterocycles. The molecule has 1 aromatic rings. The minimum atomic E-state index is -0.437. The van der Waals surface area contributed by atoms with Gasteiger partial charge < -0.3 is 11.1 Å². The van der Waals surface area contributed by atoms with Crippen LogP contribution in [0.4, 0.5) is 5.00 Å². The van der Waals surface area contributed by atoms with E-state index >= 15 is 0 Å². The van der Waals surface area contributed by atoms with E-state index in [0.717, 1.165) is 24.8 Å². The number of hydrogen-bond donors (Lipinski definition) is 2. The van der Waals surface area contributed by atoms with Crippen LogP contribution in [0.15, 0.2) is 0 Å². The summed E-state index contributed by atoms with van der Waals surface area (Å²) in [5.41, 5.74) is 7.05. The van der Waals surface area contributed by atoms with E-state index < -0.39 is 5.91 Å². The van der Waals surface area contributed by atoms with Gasteiger partial charge in [0.15, 0.2) is 0 Å². The fourth-order valence-electron chi connectivity index (χ4n) is 2.32. The average Bonchev–Trinajstić information content (AvgIpc) is 2.65. The molecule has 0 saturated heterocycles. The number of nitrogens with two attached hydrogens (primary N) is 1. The molecule has 4 nitrogen and oxygen atoms in total. The van der Waals surface area contributed by atoms with Crippen molar-refractivity contribution >= 4 is 28.2 Å². The monoisotopic (exact) mass is 266 g/mol. The van der Waals surface area contributed by atoms with Crippen molar-refractivity contribution in [2.75, 3.05) is 5.32 Å². The van der Waals surface area contributed by atoms with Crippen molar-refractivity contribution < 1.29 is 9.59 Å². The molecule has 98 valence electrons. The number of carbonyl (C=O) groups excluding carboxylic acids is 2. The SMILES string of the molecule is CCC(=O)Nc1sc2c(c1C(N)=O)CC(C)CC2. The molecule has 1 aromatic heterocycles. The maximum absolute atomic E-state index is 11.6. The minimum Gasteiger partial charge on any atom is -0.365 e. The topological polar surface area (TPSA) is 72.2 Å². The maximum Gasteiger partial charge on any atom is 0.251 e. The van der Waals surface area contributed by atoms with E-state index in [1.54, 1.807) is 6.92 Å². The number of primary amides is 1. The van der Waals surface area contributed by atoms with Crippen molar-refractivity contribution in [3.8, 4) is 0 Å². The fraction of sp³-hybridized carbons (Fsp3) is 0.538. The number of carbonyl (C=O) groups is 2. The Morgan fingerprint density at radius 3 is 2.83 bits per heavy atom. The van der Waals surface area contributed by atoms with Crippen LogP contribution in [-0.2, 0) is 17.6 Å². The second-order valence-electron chi connectivity index (χ2n) is 4.82. The summed E-state index contributed by atoms with van der Waals surface area (Å²) >= 11 is 1.50. The third-order valence-electron chi connectivity index (χ3n) is 3.33. The number of rotatable bonds is 3.